The quantitative estimate of drug-likeness (QED) is 0.830. The van der Waals surface area contributed by atoms with E-state index in [4.69, 9.17) is 0 Å². The Morgan fingerprint density at radius 1 is 1.44 bits per heavy atom. The van der Waals surface area contributed by atoms with Crippen molar-refractivity contribution in [3.05, 3.63) is 0 Å². The summed E-state index contributed by atoms with van der Waals surface area (Å²) in [5.41, 5.74) is -0.584. The minimum atomic E-state index is -4.23. The fraction of sp³-hybridized carbons (Fsp3) is 0.917. The number of alkyl halides is 3. The highest BCUT2D eigenvalue weighted by Crippen LogP contribution is 2.38. The van der Waals surface area contributed by atoms with Crippen molar-refractivity contribution in [3.8, 4) is 0 Å². The Hall–Kier alpha value is -0.780. The summed E-state index contributed by atoms with van der Waals surface area (Å²) < 4.78 is 37.3. The minimum Gasteiger partial charge on any atom is -0.323 e. The highest BCUT2D eigenvalue weighted by molar-refractivity contribution is 5.89. The van der Waals surface area contributed by atoms with Crippen LogP contribution < -0.4 is 5.32 Å². The summed E-state index contributed by atoms with van der Waals surface area (Å²) in [5, 5.41) is 3.20. The third kappa shape index (κ3) is 2.35. The molecule has 2 rings (SSSR count). The Labute approximate surface area is 105 Å². The molecular weight excluding hydrogens is 245 g/mol. The molecule has 1 saturated carbocycles. The molecule has 104 valence electrons. The van der Waals surface area contributed by atoms with Crippen LogP contribution in [-0.4, -0.2) is 34.7 Å². The number of hydrogen-bond donors (Lipinski definition) is 1. The molecule has 1 heterocycles. The maximum Gasteiger partial charge on any atom is 0.391 e. The van der Waals surface area contributed by atoms with Crippen LogP contribution in [0.1, 0.15) is 46.0 Å². The minimum absolute atomic E-state index is 0.149. The average Bonchev–Trinajstić information content (AvgIpc) is 2.72. The lowest BCUT2D eigenvalue weighted by atomic mass is 9.97. The molecule has 1 aliphatic heterocycles. The van der Waals surface area contributed by atoms with Gasteiger partial charge in [0.15, 0.2) is 0 Å². The molecule has 18 heavy (non-hydrogen) atoms. The van der Waals surface area contributed by atoms with Gasteiger partial charge in [0.05, 0.1) is 18.1 Å². The molecule has 2 fully saturated rings. The molecule has 0 aromatic rings. The maximum atomic E-state index is 12.4. The molecule has 1 N–H and O–H groups in total. The van der Waals surface area contributed by atoms with E-state index in [0.717, 1.165) is 25.7 Å². The Morgan fingerprint density at radius 2 is 2.00 bits per heavy atom. The summed E-state index contributed by atoms with van der Waals surface area (Å²) in [7, 11) is 0. The van der Waals surface area contributed by atoms with E-state index < -0.39 is 24.2 Å². The van der Waals surface area contributed by atoms with Gasteiger partial charge in [-0.25, -0.2) is 0 Å². The van der Waals surface area contributed by atoms with Gasteiger partial charge in [-0.2, -0.15) is 13.2 Å². The summed E-state index contributed by atoms with van der Waals surface area (Å²) in [6, 6.07) is -0.806. The van der Waals surface area contributed by atoms with Crippen LogP contribution in [-0.2, 0) is 4.79 Å². The normalized spacial score (nSPS) is 29.3. The molecule has 2 unspecified atom stereocenters. The Kier molecular flexibility index (Phi) is 3.34. The van der Waals surface area contributed by atoms with E-state index >= 15 is 0 Å². The van der Waals surface area contributed by atoms with Crippen molar-refractivity contribution in [2.24, 2.45) is 0 Å². The van der Waals surface area contributed by atoms with Gasteiger partial charge in [-0.15, -0.1) is 0 Å². The first kappa shape index (κ1) is 13.6. The maximum absolute atomic E-state index is 12.4. The second kappa shape index (κ2) is 4.40. The smallest absolute Gasteiger partial charge is 0.323 e. The number of nitrogens with one attached hydrogen (secondary N) is 1. The zero-order valence-corrected chi connectivity index (χ0v) is 10.7. The summed E-state index contributed by atoms with van der Waals surface area (Å²) in [6.45, 7) is 3.23. The molecule has 2 atom stereocenters. The topological polar surface area (TPSA) is 32.3 Å². The largest absolute Gasteiger partial charge is 0.391 e. The van der Waals surface area contributed by atoms with Crippen LogP contribution in [0.25, 0.3) is 0 Å². The number of carbonyl (C=O) groups excluding carboxylic acids is 1. The van der Waals surface area contributed by atoms with E-state index in [1.165, 1.54) is 11.8 Å². The molecule has 3 nitrogen and oxygen atoms in total. The summed E-state index contributed by atoms with van der Waals surface area (Å²) in [6.07, 6.45) is -2.07. The van der Waals surface area contributed by atoms with Gasteiger partial charge in [-0.05, 0) is 26.7 Å². The van der Waals surface area contributed by atoms with Crippen molar-refractivity contribution in [2.75, 3.05) is 0 Å². The third-order valence-electron chi connectivity index (χ3n) is 4.01. The zero-order chi connectivity index (χ0) is 13.6. The summed E-state index contributed by atoms with van der Waals surface area (Å²) in [5.74, 6) is -0.149. The van der Waals surface area contributed by atoms with Crippen LogP contribution in [0.2, 0.25) is 0 Å². The van der Waals surface area contributed by atoms with E-state index in [-0.39, 0.29) is 12.1 Å². The van der Waals surface area contributed by atoms with Crippen LogP contribution in [0.3, 0.4) is 0 Å². The number of amides is 1. The van der Waals surface area contributed by atoms with Crippen molar-refractivity contribution >= 4 is 5.91 Å². The first-order chi connectivity index (χ1) is 8.25. The Balaban J connectivity index is 2.11. The second-order valence-corrected chi connectivity index (χ2v) is 5.49. The van der Waals surface area contributed by atoms with Crippen molar-refractivity contribution in [3.63, 3.8) is 0 Å². The van der Waals surface area contributed by atoms with Gasteiger partial charge in [0.1, 0.15) is 0 Å². The molecule has 0 radical (unpaired) electrons. The standard InChI is InChI=1S/C12H19F3N2O/c1-8(7-12(13,14)15)17-9(2)16-11(10(17)18)5-3-4-6-11/h8-9,16H,3-7H2,1-2H3. The average molecular weight is 264 g/mol. The van der Waals surface area contributed by atoms with Crippen LogP contribution in [0.4, 0.5) is 13.2 Å². The summed E-state index contributed by atoms with van der Waals surface area (Å²) in [4.78, 5) is 13.7. The first-order valence-electron chi connectivity index (χ1n) is 6.42. The van der Waals surface area contributed by atoms with Gasteiger partial charge in [-0.3, -0.25) is 10.1 Å². The number of carbonyl (C=O) groups is 1. The van der Waals surface area contributed by atoms with Crippen molar-refractivity contribution in [1.82, 2.24) is 10.2 Å². The fourth-order valence-electron chi connectivity index (χ4n) is 3.31. The van der Waals surface area contributed by atoms with E-state index in [1.54, 1.807) is 6.92 Å². The molecular formula is C12H19F3N2O. The highest BCUT2D eigenvalue weighted by Gasteiger charge is 2.53. The lowest BCUT2D eigenvalue weighted by Crippen LogP contribution is -2.45. The molecule has 0 aromatic carbocycles. The number of rotatable bonds is 2. The van der Waals surface area contributed by atoms with Gasteiger partial charge in [0.2, 0.25) is 5.91 Å². The van der Waals surface area contributed by atoms with Gasteiger partial charge in [-0.1, -0.05) is 12.8 Å². The number of hydrogen-bond acceptors (Lipinski definition) is 2. The van der Waals surface area contributed by atoms with Crippen molar-refractivity contribution in [2.45, 2.75) is 69.9 Å². The van der Waals surface area contributed by atoms with Crippen LogP contribution >= 0.6 is 0 Å². The molecule has 0 bridgehead atoms. The highest BCUT2D eigenvalue weighted by atomic mass is 19.4. The molecule has 6 heteroatoms. The van der Waals surface area contributed by atoms with Gasteiger partial charge in [0.25, 0.3) is 0 Å². The number of nitrogens with zero attached hydrogens (tertiary/aromatic N) is 1. The van der Waals surface area contributed by atoms with E-state index in [9.17, 15) is 18.0 Å². The van der Waals surface area contributed by atoms with Gasteiger partial charge >= 0.3 is 6.18 Å². The molecule has 1 aliphatic carbocycles. The van der Waals surface area contributed by atoms with Crippen LogP contribution in [0.15, 0.2) is 0 Å². The molecule has 1 spiro atoms. The molecule has 0 aromatic heterocycles. The van der Waals surface area contributed by atoms with Crippen LogP contribution in [0.5, 0.6) is 0 Å². The first-order valence-corrected chi connectivity index (χ1v) is 6.42. The molecule has 2 aliphatic rings. The monoisotopic (exact) mass is 264 g/mol. The van der Waals surface area contributed by atoms with Crippen molar-refractivity contribution < 1.29 is 18.0 Å². The lowest BCUT2D eigenvalue weighted by Gasteiger charge is -2.29. The lowest BCUT2D eigenvalue weighted by molar-refractivity contribution is -0.153. The fourth-order valence-corrected chi connectivity index (χ4v) is 3.31. The van der Waals surface area contributed by atoms with Gasteiger partial charge < -0.3 is 4.90 Å². The number of halogens is 3. The Morgan fingerprint density at radius 3 is 2.50 bits per heavy atom. The van der Waals surface area contributed by atoms with E-state index in [1.807, 2.05) is 0 Å². The SMILES string of the molecule is CC(CC(F)(F)F)N1C(=O)C2(CCCC2)NC1C. The van der Waals surface area contributed by atoms with Gasteiger partial charge in [0, 0.05) is 6.04 Å². The van der Waals surface area contributed by atoms with E-state index in [0.29, 0.717) is 0 Å². The Bertz CT molecular complexity index is 337. The summed E-state index contributed by atoms with van der Waals surface area (Å²) >= 11 is 0. The zero-order valence-electron chi connectivity index (χ0n) is 10.7. The molecule has 1 saturated heterocycles. The molecule has 1 amide bonds. The third-order valence-corrected chi connectivity index (χ3v) is 4.01. The predicted octanol–water partition coefficient (Wildman–Crippen LogP) is 2.42. The van der Waals surface area contributed by atoms with Crippen molar-refractivity contribution in [1.29, 1.82) is 0 Å². The van der Waals surface area contributed by atoms with E-state index in [2.05, 4.69) is 5.32 Å². The predicted molar refractivity (Wildman–Crippen MR) is 60.8 cm³/mol. The van der Waals surface area contributed by atoms with Crippen LogP contribution in [0, 0.1) is 0 Å². The second-order valence-electron chi connectivity index (χ2n) is 5.49.